The second kappa shape index (κ2) is 32.7. The number of aromatic amines is 1. The Balaban J connectivity index is 0.578. The second-order valence-electron chi connectivity index (χ2n) is 26.3. The minimum atomic E-state index is -4.67. The molecule has 530 valence electrons. The Morgan fingerprint density at radius 2 is 1.60 bits per heavy atom. The molecule has 6 amide bonds. The van der Waals surface area contributed by atoms with E-state index in [1.165, 1.54) is 47.2 Å². The lowest BCUT2D eigenvalue weighted by Crippen LogP contribution is -2.54. The molecule has 27 nitrogen and oxygen atoms in total. The van der Waals surface area contributed by atoms with Crippen LogP contribution >= 0.6 is 11.6 Å². The number of carbonyl (C=O) groups excluding carboxylic acids is 6. The van der Waals surface area contributed by atoms with Crippen molar-refractivity contribution in [2.24, 2.45) is 17.1 Å². The number of amides is 6. The molecule has 3 fully saturated rings. The van der Waals surface area contributed by atoms with Crippen molar-refractivity contribution in [3.05, 3.63) is 158 Å². The number of hydrogen-bond donors (Lipinski definition) is 7. The van der Waals surface area contributed by atoms with Gasteiger partial charge in [-0.05, 0) is 128 Å². The van der Waals surface area contributed by atoms with E-state index in [1.54, 1.807) is 42.7 Å². The number of aromatic nitrogens is 2. The summed E-state index contributed by atoms with van der Waals surface area (Å²) in [7, 11) is -4.67. The van der Waals surface area contributed by atoms with Gasteiger partial charge in [0.1, 0.15) is 28.9 Å². The van der Waals surface area contributed by atoms with E-state index >= 15 is 0 Å². The molecule has 0 saturated carbocycles. The molecule has 1 unspecified atom stereocenters. The maximum Gasteiger partial charge on any atom is 0.293 e. The van der Waals surface area contributed by atoms with Crippen molar-refractivity contribution in [2.45, 2.75) is 82.6 Å². The molecular formula is C71H84ClN13O14S. The molecule has 6 heterocycles. The van der Waals surface area contributed by atoms with Crippen molar-refractivity contribution in [1.82, 2.24) is 40.0 Å². The first-order valence-corrected chi connectivity index (χ1v) is 35.6. The fourth-order valence-corrected chi connectivity index (χ4v) is 14.2. The highest BCUT2D eigenvalue weighted by molar-refractivity contribution is 7.90. The number of sulfonamides is 1. The highest BCUT2D eigenvalue weighted by Gasteiger charge is 2.46. The van der Waals surface area contributed by atoms with Gasteiger partial charge in [-0.2, -0.15) is 0 Å². The number of piperazine rings is 1. The molecule has 29 heteroatoms. The number of benzene rings is 4. The number of halogens is 1. The highest BCUT2D eigenvalue weighted by atomic mass is 35.5. The summed E-state index contributed by atoms with van der Waals surface area (Å²) in [5.41, 5.74) is 12.6. The van der Waals surface area contributed by atoms with E-state index in [-0.39, 0.29) is 78.0 Å². The van der Waals surface area contributed by atoms with Crippen LogP contribution in [0.2, 0.25) is 5.02 Å². The van der Waals surface area contributed by atoms with E-state index < -0.39 is 61.1 Å². The number of rotatable bonds is 31. The molecule has 1 aliphatic carbocycles. The summed E-state index contributed by atoms with van der Waals surface area (Å²) < 4.78 is 53.3. The smallest absolute Gasteiger partial charge is 0.293 e. The van der Waals surface area contributed by atoms with Gasteiger partial charge in [0.05, 0.1) is 78.0 Å². The molecule has 4 aliphatic heterocycles. The molecule has 1 atom stereocenters. The molecule has 0 spiro atoms. The van der Waals surface area contributed by atoms with Crippen molar-refractivity contribution < 1.29 is 61.1 Å². The Hall–Kier alpha value is -9.45. The van der Waals surface area contributed by atoms with Gasteiger partial charge >= 0.3 is 0 Å². The number of ether oxygens (including phenoxy) is 4. The number of fused-ring (bicyclic) bond motifs is 2. The molecular weight excluding hydrogens is 1330 g/mol. The van der Waals surface area contributed by atoms with E-state index in [9.17, 15) is 47.3 Å². The number of piperidine rings is 2. The molecule has 3 saturated heterocycles. The van der Waals surface area contributed by atoms with Crippen LogP contribution in [0.1, 0.15) is 108 Å². The first kappa shape index (κ1) is 71.8. The molecule has 8 N–H and O–H groups in total. The number of likely N-dealkylation sites (tertiary alicyclic amines) is 1. The average molecular weight is 1410 g/mol. The number of H-pyrrole nitrogens is 1. The first-order chi connectivity index (χ1) is 48.2. The van der Waals surface area contributed by atoms with Crippen LogP contribution in [0.3, 0.4) is 0 Å². The van der Waals surface area contributed by atoms with E-state index in [2.05, 4.69) is 71.7 Å². The summed E-state index contributed by atoms with van der Waals surface area (Å²) in [6.45, 7) is 12.3. The summed E-state index contributed by atoms with van der Waals surface area (Å²) in [4.78, 5) is 104. The Bertz CT molecular complexity index is 4210. The Labute approximate surface area is 584 Å². The maximum absolute atomic E-state index is 14.2. The van der Waals surface area contributed by atoms with Crippen molar-refractivity contribution in [2.75, 3.05) is 121 Å². The summed E-state index contributed by atoms with van der Waals surface area (Å²) in [5, 5.41) is 25.5. The molecule has 0 radical (unpaired) electrons. The quantitative estimate of drug-likeness (QED) is 0.00932. The van der Waals surface area contributed by atoms with Gasteiger partial charge < -0.3 is 55.4 Å². The second-order valence-corrected chi connectivity index (χ2v) is 28.4. The minimum absolute atomic E-state index is 0.0121. The van der Waals surface area contributed by atoms with Crippen LogP contribution in [-0.2, 0) is 38.6 Å². The molecule has 100 heavy (non-hydrogen) atoms. The van der Waals surface area contributed by atoms with Crippen molar-refractivity contribution in [1.29, 1.82) is 0 Å². The van der Waals surface area contributed by atoms with Crippen LogP contribution in [0, 0.1) is 21.4 Å². The van der Waals surface area contributed by atoms with Crippen molar-refractivity contribution >= 4 is 96.4 Å². The van der Waals surface area contributed by atoms with Gasteiger partial charge in [0, 0.05) is 125 Å². The topological polar surface area (TPSA) is 344 Å². The third kappa shape index (κ3) is 18.1. The van der Waals surface area contributed by atoms with Crippen LogP contribution in [0.5, 0.6) is 11.5 Å². The Morgan fingerprint density at radius 3 is 2.36 bits per heavy atom. The number of nitrogens with one attached hydrogen (secondary N) is 6. The molecule has 5 aliphatic rings. The predicted molar refractivity (Wildman–Crippen MR) is 376 cm³/mol. The summed E-state index contributed by atoms with van der Waals surface area (Å²) >= 11 is 6.27. The molecule has 6 aromatic rings. The van der Waals surface area contributed by atoms with Gasteiger partial charge in [-0.15, -0.1) is 0 Å². The van der Waals surface area contributed by atoms with Crippen LogP contribution in [0.4, 0.5) is 22.7 Å². The summed E-state index contributed by atoms with van der Waals surface area (Å²) in [6, 6.07) is 24.0. The lowest BCUT2D eigenvalue weighted by molar-refractivity contribution is -0.384. The Morgan fingerprint density at radius 1 is 0.840 bits per heavy atom. The minimum Gasteiger partial charge on any atom is -0.455 e. The fourth-order valence-electron chi connectivity index (χ4n) is 13.1. The number of nitrogens with zero attached hydrogens (tertiary/aromatic N) is 6. The normalized spacial score (nSPS) is 17.7. The summed E-state index contributed by atoms with van der Waals surface area (Å²) in [5.74, 6) is -2.79. The molecule has 0 bridgehead atoms. The zero-order chi connectivity index (χ0) is 70.5. The van der Waals surface area contributed by atoms with Crippen molar-refractivity contribution in [3.8, 4) is 11.5 Å². The number of nitro groups is 1. The third-order valence-electron chi connectivity index (χ3n) is 18.6. The number of anilines is 3. The zero-order valence-electron chi connectivity index (χ0n) is 56.0. The maximum atomic E-state index is 14.2. The van der Waals surface area contributed by atoms with Gasteiger partial charge in [0.15, 0.2) is 0 Å². The molecule has 4 aromatic carbocycles. The Kier molecular flexibility index (Phi) is 23.5. The first-order valence-electron chi connectivity index (χ1n) is 33.7. The third-order valence-corrected chi connectivity index (χ3v) is 20.2. The summed E-state index contributed by atoms with van der Waals surface area (Å²) in [6.07, 6.45) is 10.3. The van der Waals surface area contributed by atoms with Gasteiger partial charge in [0.2, 0.25) is 17.7 Å². The number of carbonyl (C=O) groups is 6. The monoisotopic (exact) mass is 1410 g/mol. The fraction of sp³-hybridized carbons (Fsp3) is 0.423. The number of allylic oxidation sites excluding steroid dienone is 1. The lowest BCUT2D eigenvalue weighted by Gasteiger charge is -2.39. The SMILES string of the molecule is CC1(C)CCC(CN2CCN(c3ccc(C(=O)NS(=O)(=O)c4ccc(NCC5CCN(C(=O)CCCN/C=C(\N)COCCOCCOCCNc6cccc7c6C(=O)N(C6CCC(=O)NC6=O)C7=O)CC5)c([N+](=O)[O-])c4)c(Oc4cnc5[nH]ccc5c4)c3)CC2)=C(c2ccc(Cl)cc2)C1. The van der Waals surface area contributed by atoms with E-state index in [1.807, 2.05) is 23.1 Å². The zero-order valence-corrected chi connectivity index (χ0v) is 57.6. The largest absolute Gasteiger partial charge is 0.455 e. The van der Waals surface area contributed by atoms with E-state index in [0.29, 0.717) is 119 Å². The van der Waals surface area contributed by atoms with Crippen molar-refractivity contribution in [3.63, 3.8) is 0 Å². The van der Waals surface area contributed by atoms with Crippen LogP contribution < -0.4 is 41.4 Å². The highest BCUT2D eigenvalue weighted by Crippen LogP contribution is 2.44. The van der Waals surface area contributed by atoms with Crippen LogP contribution in [0.25, 0.3) is 16.6 Å². The van der Waals surface area contributed by atoms with E-state index in [4.69, 9.17) is 36.3 Å². The van der Waals surface area contributed by atoms with Crippen LogP contribution in [-0.4, -0.2) is 185 Å². The van der Waals surface area contributed by atoms with E-state index in [0.717, 1.165) is 60.9 Å². The van der Waals surface area contributed by atoms with Gasteiger partial charge in [-0.1, -0.05) is 49.2 Å². The predicted octanol–water partition coefficient (Wildman–Crippen LogP) is 8.20. The molecule has 11 rings (SSSR count). The number of pyridine rings is 1. The average Bonchev–Trinajstić information content (AvgIpc) is 1.59. The van der Waals surface area contributed by atoms with Crippen LogP contribution in [0.15, 0.2) is 126 Å². The van der Waals surface area contributed by atoms with Gasteiger partial charge in [0.25, 0.3) is 33.4 Å². The molecule has 2 aromatic heterocycles. The lowest BCUT2D eigenvalue weighted by atomic mass is 9.72. The number of hydrogen-bond acceptors (Lipinski definition) is 21. The number of nitrogens with two attached hydrogens (primary N) is 1. The number of imide groups is 2. The van der Waals surface area contributed by atoms with Gasteiger partial charge in [-0.3, -0.25) is 54.0 Å². The van der Waals surface area contributed by atoms with Gasteiger partial charge in [-0.25, -0.2) is 18.1 Å². The standard InChI is InChI=1S/C71H84ClN13O14S/c1-71(2)22-18-49(57(40-71)47-8-10-50(72)11-9-47)44-81-28-30-82(31-29-81)52-12-14-55(62(38-52)99-53-37-48-19-24-76-66(48)78-43-53)67(88)80-100(94,95)54-13-15-58(61(39-54)85(92)93)77-41-46-20-26-83(27-21-46)64(87)7-4-23-74-42-51(73)45-98-36-35-97-34-33-96-32-25-75-59-6-3-5-56-65(59)70(91)84(69(56)90)60-16-17-63(86)79-68(60)89/h3,5-6,8-15,19,24,37-39,42-43,46,60,74-75,77H,4,7,16-18,20-23,25-36,40-41,44-45,73H2,1-2H3,(H,76,78)(H,80,88)(H,79,86,89)/b51-42-. The number of nitro benzene ring substituents is 1.